The van der Waals surface area contributed by atoms with Crippen LogP contribution in [0.5, 0.6) is 0 Å². The van der Waals surface area contributed by atoms with E-state index in [1.807, 2.05) is 0 Å². The number of thiazole rings is 1. The predicted molar refractivity (Wildman–Crippen MR) is 52.5 cm³/mol. The smallest absolute Gasteiger partial charge is 0.243 e. The molecule has 0 radical (unpaired) electrons. The number of hydrogen-bond donors (Lipinski definition) is 3. The van der Waals surface area contributed by atoms with Gasteiger partial charge in [0.15, 0.2) is 5.13 Å². The molecule has 0 aliphatic rings. The van der Waals surface area contributed by atoms with Gasteiger partial charge in [-0.15, -0.1) is 11.3 Å². The Morgan fingerprint density at radius 3 is 2.86 bits per heavy atom. The van der Waals surface area contributed by atoms with E-state index in [1.165, 1.54) is 11.3 Å². The Labute approximate surface area is 84.3 Å². The lowest BCUT2D eigenvalue weighted by Gasteiger charge is -2.07. The number of amides is 2. The summed E-state index contributed by atoms with van der Waals surface area (Å²) in [7, 11) is 0. The normalized spacial score (nSPS) is 12.1. The van der Waals surface area contributed by atoms with E-state index >= 15 is 0 Å². The number of hydrogen-bond acceptors (Lipinski definition) is 5. The molecule has 0 saturated heterocycles. The number of nitrogens with zero attached hydrogens (tertiary/aromatic N) is 1. The van der Waals surface area contributed by atoms with E-state index in [0.29, 0.717) is 5.13 Å². The Balaban J connectivity index is 2.46. The summed E-state index contributed by atoms with van der Waals surface area (Å²) in [6, 6.07) is -0.920. The van der Waals surface area contributed by atoms with E-state index in [4.69, 9.17) is 11.5 Å². The SMILES string of the molecule is NC(=O)CC(N)C(=O)Nc1nccs1. The molecule has 76 valence electrons. The Kier molecular flexibility index (Phi) is 3.55. The number of aromatic nitrogens is 1. The maximum atomic E-state index is 11.3. The molecule has 0 saturated carbocycles. The number of nitrogens with two attached hydrogens (primary N) is 2. The van der Waals surface area contributed by atoms with Crippen LogP contribution in [0, 0.1) is 0 Å². The van der Waals surface area contributed by atoms with Gasteiger partial charge in [0, 0.05) is 11.6 Å². The second-order valence-corrected chi connectivity index (χ2v) is 3.50. The van der Waals surface area contributed by atoms with Crippen LogP contribution in [0.2, 0.25) is 0 Å². The minimum atomic E-state index is -0.920. The Bertz CT molecular complexity index is 324. The van der Waals surface area contributed by atoms with E-state index < -0.39 is 17.9 Å². The van der Waals surface area contributed by atoms with Crippen LogP contribution in [0.1, 0.15) is 6.42 Å². The van der Waals surface area contributed by atoms with E-state index in [0.717, 1.165) is 0 Å². The zero-order chi connectivity index (χ0) is 10.6. The largest absolute Gasteiger partial charge is 0.370 e. The minimum absolute atomic E-state index is 0.169. The average Bonchev–Trinajstić information content (AvgIpc) is 2.55. The van der Waals surface area contributed by atoms with Crippen molar-refractivity contribution < 1.29 is 9.59 Å². The average molecular weight is 214 g/mol. The summed E-state index contributed by atoms with van der Waals surface area (Å²) in [4.78, 5) is 25.6. The third-order valence-corrected chi connectivity index (χ3v) is 2.11. The monoisotopic (exact) mass is 214 g/mol. The first-order valence-electron chi connectivity index (χ1n) is 3.84. The van der Waals surface area contributed by atoms with Gasteiger partial charge in [-0.05, 0) is 0 Å². The van der Waals surface area contributed by atoms with Crippen LogP contribution in [0.15, 0.2) is 11.6 Å². The summed E-state index contributed by atoms with van der Waals surface area (Å²) in [5, 5.41) is 4.63. The number of carbonyl (C=O) groups excluding carboxylic acids is 2. The van der Waals surface area contributed by atoms with Crippen molar-refractivity contribution in [1.29, 1.82) is 0 Å². The van der Waals surface area contributed by atoms with Crippen molar-refractivity contribution >= 4 is 28.3 Å². The minimum Gasteiger partial charge on any atom is -0.370 e. The molecule has 1 heterocycles. The Hall–Kier alpha value is -1.47. The molecule has 0 aromatic carbocycles. The van der Waals surface area contributed by atoms with Crippen molar-refractivity contribution in [3.8, 4) is 0 Å². The van der Waals surface area contributed by atoms with Crippen molar-refractivity contribution in [2.75, 3.05) is 5.32 Å². The van der Waals surface area contributed by atoms with Crippen LogP contribution in [0.4, 0.5) is 5.13 Å². The highest BCUT2D eigenvalue weighted by atomic mass is 32.1. The van der Waals surface area contributed by atoms with Gasteiger partial charge in [0.2, 0.25) is 11.8 Å². The van der Waals surface area contributed by atoms with Crippen molar-refractivity contribution in [3.63, 3.8) is 0 Å². The number of nitrogens with one attached hydrogen (secondary N) is 1. The lowest BCUT2D eigenvalue weighted by molar-refractivity contribution is -0.123. The predicted octanol–water partition coefficient (Wildman–Crippen LogP) is -0.716. The number of primary amides is 1. The molecule has 14 heavy (non-hydrogen) atoms. The molecule has 0 aliphatic carbocycles. The molecule has 5 N–H and O–H groups in total. The van der Waals surface area contributed by atoms with Gasteiger partial charge in [-0.1, -0.05) is 0 Å². The lowest BCUT2D eigenvalue weighted by Crippen LogP contribution is -2.38. The van der Waals surface area contributed by atoms with Gasteiger partial charge in [0.05, 0.1) is 12.5 Å². The van der Waals surface area contributed by atoms with E-state index in [-0.39, 0.29) is 6.42 Å². The number of rotatable bonds is 4. The van der Waals surface area contributed by atoms with Crippen LogP contribution in [-0.2, 0) is 9.59 Å². The maximum absolute atomic E-state index is 11.3. The fraction of sp³-hybridized carbons (Fsp3) is 0.286. The molecular formula is C7H10N4O2S. The summed E-state index contributed by atoms with van der Waals surface area (Å²) in [5.41, 5.74) is 10.3. The van der Waals surface area contributed by atoms with Crippen molar-refractivity contribution in [2.24, 2.45) is 11.5 Å². The second-order valence-electron chi connectivity index (χ2n) is 2.60. The first-order chi connectivity index (χ1) is 6.59. The zero-order valence-corrected chi connectivity index (χ0v) is 8.08. The summed E-state index contributed by atoms with van der Waals surface area (Å²) < 4.78 is 0. The van der Waals surface area contributed by atoms with Gasteiger partial charge in [0.1, 0.15) is 0 Å². The Morgan fingerprint density at radius 1 is 1.64 bits per heavy atom. The van der Waals surface area contributed by atoms with E-state index in [1.54, 1.807) is 11.6 Å². The topological polar surface area (TPSA) is 111 Å². The fourth-order valence-electron chi connectivity index (χ4n) is 0.793. The third-order valence-electron chi connectivity index (χ3n) is 1.42. The summed E-state index contributed by atoms with van der Waals surface area (Å²) in [5.74, 6) is -1.06. The summed E-state index contributed by atoms with van der Waals surface area (Å²) in [6.07, 6.45) is 1.39. The fourth-order valence-corrected chi connectivity index (χ4v) is 1.32. The van der Waals surface area contributed by atoms with Gasteiger partial charge >= 0.3 is 0 Å². The lowest BCUT2D eigenvalue weighted by atomic mass is 10.2. The molecule has 0 bridgehead atoms. The molecule has 7 heteroatoms. The van der Waals surface area contributed by atoms with Crippen LogP contribution >= 0.6 is 11.3 Å². The van der Waals surface area contributed by atoms with Crippen LogP contribution < -0.4 is 16.8 Å². The second kappa shape index (κ2) is 4.68. The van der Waals surface area contributed by atoms with Crippen LogP contribution in [0.25, 0.3) is 0 Å². The third kappa shape index (κ3) is 3.11. The van der Waals surface area contributed by atoms with Gasteiger partial charge in [-0.25, -0.2) is 4.98 Å². The molecule has 1 aromatic heterocycles. The molecule has 1 rings (SSSR count). The summed E-state index contributed by atoms with van der Waals surface area (Å²) >= 11 is 1.27. The quantitative estimate of drug-likeness (QED) is 0.614. The molecule has 1 unspecified atom stereocenters. The molecule has 6 nitrogen and oxygen atoms in total. The highest BCUT2D eigenvalue weighted by molar-refractivity contribution is 7.13. The highest BCUT2D eigenvalue weighted by Crippen LogP contribution is 2.10. The maximum Gasteiger partial charge on any atom is 0.243 e. The van der Waals surface area contributed by atoms with E-state index in [9.17, 15) is 9.59 Å². The van der Waals surface area contributed by atoms with Crippen LogP contribution in [-0.4, -0.2) is 22.8 Å². The molecule has 2 amide bonds. The first kappa shape index (κ1) is 10.6. The molecular weight excluding hydrogens is 204 g/mol. The van der Waals surface area contributed by atoms with Gasteiger partial charge < -0.3 is 16.8 Å². The molecule has 1 aromatic rings. The Morgan fingerprint density at radius 2 is 2.36 bits per heavy atom. The van der Waals surface area contributed by atoms with Gasteiger partial charge in [-0.2, -0.15) is 0 Å². The number of anilines is 1. The van der Waals surface area contributed by atoms with Gasteiger partial charge in [0.25, 0.3) is 0 Å². The van der Waals surface area contributed by atoms with E-state index in [2.05, 4.69) is 10.3 Å². The van der Waals surface area contributed by atoms with Crippen molar-refractivity contribution in [1.82, 2.24) is 4.98 Å². The summed E-state index contributed by atoms with van der Waals surface area (Å²) in [6.45, 7) is 0. The molecule has 0 spiro atoms. The van der Waals surface area contributed by atoms with Gasteiger partial charge in [-0.3, -0.25) is 9.59 Å². The zero-order valence-electron chi connectivity index (χ0n) is 7.27. The van der Waals surface area contributed by atoms with Crippen molar-refractivity contribution in [3.05, 3.63) is 11.6 Å². The highest BCUT2D eigenvalue weighted by Gasteiger charge is 2.16. The van der Waals surface area contributed by atoms with Crippen LogP contribution in [0.3, 0.4) is 0 Å². The van der Waals surface area contributed by atoms with Crippen molar-refractivity contribution in [2.45, 2.75) is 12.5 Å². The molecule has 1 atom stereocenters. The standard InChI is InChI=1S/C7H10N4O2S/c8-4(3-5(9)12)6(13)11-7-10-1-2-14-7/h1-2,4H,3,8H2,(H2,9,12)(H,10,11,13). The first-order valence-corrected chi connectivity index (χ1v) is 4.72. The molecule has 0 fully saturated rings. The molecule has 0 aliphatic heterocycles. The number of carbonyl (C=O) groups is 2.